The third-order valence-electron chi connectivity index (χ3n) is 7.06. The van der Waals surface area contributed by atoms with Gasteiger partial charge in [0.05, 0.1) is 23.0 Å². The van der Waals surface area contributed by atoms with E-state index in [1.807, 2.05) is 30.3 Å². The van der Waals surface area contributed by atoms with Crippen LogP contribution >= 0.6 is 11.6 Å². The Labute approximate surface area is 231 Å². The normalized spacial score (nSPS) is 18.0. The second kappa shape index (κ2) is 10.8. The number of halogens is 1. The monoisotopic (exact) mass is 563 g/mol. The van der Waals surface area contributed by atoms with Crippen LogP contribution in [0.2, 0.25) is 5.02 Å². The number of benzene rings is 4. The second-order valence-electron chi connectivity index (χ2n) is 9.52. The van der Waals surface area contributed by atoms with E-state index in [2.05, 4.69) is 0 Å². The van der Waals surface area contributed by atoms with Crippen molar-refractivity contribution in [2.75, 3.05) is 4.90 Å². The molecular formula is C30H26ClNO6S. The number of aliphatic hydroxyl groups excluding tert-OH is 1. The van der Waals surface area contributed by atoms with Crippen molar-refractivity contribution < 1.29 is 28.0 Å². The van der Waals surface area contributed by atoms with Crippen molar-refractivity contribution >= 4 is 33.3 Å². The van der Waals surface area contributed by atoms with Gasteiger partial charge in [0, 0.05) is 16.3 Å². The standard InChI is InChI=1S/C30H26ClNO6S/c31-22-12-9-19(10-13-22)27(33)16-15-26-29(32(30(26)35)23-6-2-1-3-7-23)21-11-14-25(28(34)18-21)20-5-4-8-24(17-20)39(36,37)38/h1-14,17-18,26-27,29,33-34H,15-16H2,(H,36,37,38). The van der Waals surface area contributed by atoms with Gasteiger partial charge in [-0.05, 0) is 72.0 Å². The molecule has 0 aliphatic carbocycles. The summed E-state index contributed by atoms with van der Waals surface area (Å²) in [6.45, 7) is 0. The number of aromatic hydroxyl groups is 1. The van der Waals surface area contributed by atoms with Gasteiger partial charge in [-0.15, -0.1) is 0 Å². The number of hydrogen-bond acceptors (Lipinski definition) is 5. The topological polar surface area (TPSA) is 115 Å². The molecular weight excluding hydrogens is 538 g/mol. The van der Waals surface area contributed by atoms with Gasteiger partial charge in [-0.25, -0.2) is 0 Å². The predicted octanol–water partition coefficient (Wildman–Crippen LogP) is 6.18. The average Bonchev–Trinajstić information content (AvgIpc) is 2.92. The summed E-state index contributed by atoms with van der Waals surface area (Å²) >= 11 is 5.96. The zero-order valence-corrected chi connectivity index (χ0v) is 22.3. The first-order valence-corrected chi connectivity index (χ1v) is 14.2. The SMILES string of the molecule is O=C1C(CCC(O)c2ccc(Cl)cc2)C(c2ccc(-c3cccc(S(=O)(=O)O)c3)c(O)c2)N1c1ccccc1. The lowest BCUT2D eigenvalue weighted by Crippen LogP contribution is -2.55. The molecule has 1 heterocycles. The molecule has 0 saturated carbocycles. The molecule has 5 rings (SSSR count). The Balaban J connectivity index is 1.44. The summed E-state index contributed by atoms with van der Waals surface area (Å²) in [5.74, 6) is -0.577. The van der Waals surface area contributed by atoms with Gasteiger partial charge in [0.1, 0.15) is 5.75 Å². The third kappa shape index (κ3) is 5.55. The molecule has 1 saturated heterocycles. The molecule has 1 fully saturated rings. The summed E-state index contributed by atoms with van der Waals surface area (Å²) in [5, 5.41) is 22.2. The Bertz CT molecular complexity index is 1610. The lowest BCUT2D eigenvalue weighted by atomic mass is 9.78. The number of nitrogens with zero attached hydrogens (tertiary/aromatic N) is 1. The molecule has 3 unspecified atom stereocenters. The van der Waals surface area contributed by atoms with Gasteiger partial charge in [0.2, 0.25) is 5.91 Å². The quantitative estimate of drug-likeness (QED) is 0.174. The zero-order valence-electron chi connectivity index (χ0n) is 20.7. The maximum atomic E-state index is 13.3. The zero-order chi connectivity index (χ0) is 27.7. The maximum absolute atomic E-state index is 13.3. The number of amides is 1. The van der Waals surface area contributed by atoms with E-state index in [4.69, 9.17) is 11.6 Å². The number of anilines is 1. The molecule has 9 heteroatoms. The number of para-hydroxylation sites is 1. The van der Waals surface area contributed by atoms with Gasteiger partial charge in [-0.2, -0.15) is 8.42 Å². The molecule has 1 amide bonds. The molecule has 3 N–H and O–H groups in total. The first kappa shape index (κ1) is 26.9. The number of rotatable bonds is 8. The maximum Gasteiger partial charge on any atom is 0.294 e. The number of hydrogen-bond donors (Lipinski definition) is 3. The molecule has 0 radical (unpaired) electrons. The smallest absolute Gasteiger partial charge is 0.294 e. The minimum Gasteiger partial charge on any atom is -0.507 e. The Kier molecular flexibility index (Phi) is 7.46. The van der Waals surface area contributed by atoms with E-state index in [1.54, 1.807) is 53.4 Å². The van der Waals surface area contributed by atoms with E-state index in [9.17, 15) is 28.0 Å². The van der Waals surface area contributed by atoms with Gasteiger partial charge < -0.3 is 15.1 Å². The summed E-state index contributed by atoms with van der Waals surface area (Å²) < 4.78 is 32.6. The molecule has 4 aromatic rings. The van der Waals surface area contributed by atoms with Crippen molar-refractivity contribution in [2.45, 2.75) is 29.9 Å². The largest absolute Gasteiger partial charge is 0.507 e. The molecule has 0 bridgehead atoms. The minimum absolute atomic E-state index is 0.0704. The van der Waals surface area contributed by atoms with Crippen LogP contribution < -0.4 is 4.90 Å². The second-order valence-corrected chi connectivity index (χ2v) is 11.4. The van der Waals surface area contributed by atoms with E-state index in [1.165, 1.54) is 18.2 Å². The highest BCUT2D eigenvalue weighted by Gasteiger charge is 2.48. The lowest BCUT2D eigenvalue weighted by Gasteiger charge is -2.48. The van der Waals surface area contributed by atoms with E-state index in [0.717, 1.165) is 11.3 Å². The first-order chi connectivity index (χ1) is 18.6. The van der Waals surface area contributed by atoms with Gasteiger partial charge in [0.25, 0.3) is 10.1 Å². The van der Waals surface area contributed by atoms with Crippen LogP contribution in [0.3, 0.4) is 0 Å². The van der Waals surface area contributed by atoms with Crippen LogP contribution in [0.5, 0.6) is 5.75 Å². The van der Waals surface area contributed by atoms with Crippen LogP contribution in [0.15, 0.2) is 102 Å². The van der Waals surface area contributed by atoms with Crippen LogP contribution in [0, 0.1) is 5.92 Å². The predicted molar refractivity (Wildman–Crippen MR) is 149 cm³/mol. The van der Waals surface area contributed by atoms with Crippen LogP contribution in [0.1, 0.15) is 36.1 Å². The van der Waals surface area contributed by atoms with Crippen molar-refractivity contribution in [1.29, 1.82) is 0 Å². The Morgan fingerprint density at radius 2 is 1.62 bits per heavy atom. The van der Waals surface area contributed by atoms with Gasteiger partial charge in [0.15, 0.2) is 0 Å². The third-order valence-corrected chi connectivity index (χ3v) is 8.16. The fraction of sp³-hybridized carbons (Fsp3) is 0.167. The van der Waals surface area contributed by atoms with Gasteiger partial charge in [-0.1, -0.05) is 66.2 Å². The van der Waals surface area contributed by atoms with Gasteiger partial charge >= 0.3 is 0 Å². The average molecular weight is 564 g/mol. The lowest BCUT2D eigenvalue weighted by molar-refractivity contribution is -0.131. The highest BCUT2D eigenvalue weighted by atomic mass is 35.5. The van der Waals surface area contributed by atoms with Crippen LogP contribution in [-0.4, -0.2) is 29.1 Å². The summed E-state index contributed by atoms with van der Waals surface area (Å²) in [6, 6.07) is 26.5. The van der Waals surface area contributed by atoms with Crippen molar-refractivity contribution in [2.24, 2.45) is 5.92 Å². The van der Waals surface area contributed by atoms with Crippen molar-refractivity contribution in [3.63, 3.8) is 0 Å². The van der Waals surface area contributed by atoms with Crippen molar-refractivity contribution in [3.8, 4) is 16.9 Å². The minimum atomic E-state index is -4.40. The van der Waals surface area contributed by atoms with Crippen molar-refractivity contribution in [3.05, 3.63) is 113 Å². The van der Waals surface area contributed by atoms with Crippen LogP contribution in [0.25, 0.3) is 11.1 Å². The van der Waals surface area contributed by atoms with E-state index >= 15 is 0 Å². The van der Waals surface area contributed by atoms with E-state index < -0.39 is 22.1 Å². The molecule has 39 heavy (non-hydrogen) atoms. The fourth-order valence-electron chi connectivity index (χ4n) is 5.08. The van der Waals surface area contributed by atoms with Crippen LogP contribution in [0.4, 0.5) is 5.69 Å². The van der Waals surface area contributed by atoms with Gasteiger partial charge in [-0.3, -0.25) is 9.35 Å². The number of carbonyl (C=O) groups excluding carboxylic acids is 1. The molecule has 1 aliphatic heterocycles. The summed E-state index contributed by atoms with van der Waals surface area (Å²) in [6.07, 6.45) is 0.0338. The molecule has 7 nitrogen and oxygen atoms in total. The summed E-state index contributed by atoms with van der Waals surface area (Å²) in [7, 11) is -4.40. The van der Waals surface area contributed by atoms with Crippen molar-refractivity contribution in [1.82, 2.24) is 0 Å². The first-order valence-electron chi connectivity index (χ1n) is 12.4. The molecule has 0 spiro atoms. The molecule has 4 aromatic carbocycles. The number of aliphatic hydroxyl groups is 1. The highest BCUT2D eigenvalue weighted by molar-refractivity contribution is 7.85. The Morgan fingerprint density at radius 1 is 0.897 bits per heavy atom. The number of phenols is 1. The Hall–Kier alpha value is -3.69. The molecule has 0 aromatic heterocycles. The molecule has 1 aliphatic rings. The molecule has 3 atom stereocenters. The summed E-state index contributed by atoms with van der Waals surface area (Å²) in [4.78, 5) is 14.7. The number of carbonyl (C=O) groups is 1. The number of β-lactam (4-membered cyclic amide) rings is 1. The fourth-order valence-corrected chi connectivity index (χ4v) is 5.73. The number of phenolic OH excluding ortho intramolecular Hbond substituents is 1. The van der Waals surface area contributed by atoms with E-state index in [-0.39, 0.29) is 22.6 Å². The Morgan fingerprint density at radius 3 is 2.28 bits per heavy atom. The summed E-state index contributed by atoms with van der Waals surface area (Å²) in [5.41, 5.74) is 2.96. The highest BCUT2D eigenvalue weighted by Crippen LogP contribution is 2.47. The van der Waals surface area contributed by atoms with E-state index in [0.29, 0.717) is 34.6 Å². The van der Waals surface area contributed by atoms with Crippen LogP contribution in [-0.2, 0) is 14.9 Å². The molecule has 200 valence electrons.